The van der Waals surface area contributed by atoms with Gasteiger partial charge in [-0.25, -0.2) is 0 Å². The van der Waals surface area contributed by atoms with Crippen LogP contribution in [0.15, 0.2) is 42.5 Å². The Morgan fingerprint density at radius 3 is 2.12 bits per heavy atom. The molecule has 0 aliphatic rings. The molecule has 5 heteroatoms. The van der Waals surface area contributed by atoms with E-state index in [-0.39, 0.29) is 5.91 Å². The maximum atomic E-state index is 12.7. The van der Waals surface area contributed by atoms with E-state index in [1.54, 1.807) is 21.3 Å². The summed E-state index contributed by atoms with van der Waals surface area (Å²) in [5, 5.41) is 2.99. The molecular formula is C20H25NO4. The Bertz CT molecular complexity index is 723. The van der Waals surface area contributed by atoms with Crippen LogP contribution in [0.2, 0.25) is 0 Å². The molecule has 1 amide bonds. The number of carbonyl (C=O) groups excluding carboxylic acids is 1. The zero-order chi connectivity index (χ0) is 18.4. The zero-order valence-electron chi connectivity index (χ0n) is 15.4. The van der Waals surface area contributed by atoms with Crippen LogP contribution >= 0.6 is 0 Å². The van der Waals surface area contributed by atoms with E-state index >= 15 is 0 Å². The lowest BCUT2D eigenvalue weighted by Gasteiger charge is -2.25. The van der Waals surface area contributed by atoms with Crippen LogP contribution in [0.4, 0.5) is 0 Å². The molecule has 0 aromatic heterocycles. The summed E-state index contributed by atoms with van der Waals surface area (Å²) in [4.78, 5) is 12.7. The van der Waals surface area contributed by atoms with E-state index in [4.69, 9.17) is 14.2 Å². The Balaban J connectivity index is 2.10. The highest BCUT2D eigenvalue weighted by molar-refractivity contribution is 5.87. The monoisotopic (exact) mass is 343 g/mol. The maximum absolute atomic E-state index is 12.7. The van der Waals surface area contributed by atoms with Gasteiger partial charge in [-0.05, 0) is 49.2 Å². The first-order chi connectivity index (χ1) is 11.9. The summed E-state index contributed by atoms with van der Waals surface area (Å²) in [5.74, 6) is 1.98. The summed E-state index contributed by atoms with van der Waals surface area (Å²) in [7, 11) is 4.80. The average Bonchev–Trinajstić information content (AvgIpc) is 2.65. The molecule has 25 heavy (non-hydrogen) atoms. The molecule has 1 N–H and O–H groups in total. The number of nitrogens with one attached hydrogen (secondary N) is 1. The number of rotatable bonds is 7. The van der Waals surface area contributed by atoms with Crippen molar-refractivity contribution in [3.05, 3.63) is 53.6 Å². The molecule has 0 spiro atoms. The molecule has 0 heterocycles. The lowest BCUT2D eigenvalue weighted by Crippen LogP contribution is -2.39. The van der Waals surface area contributed by atoms with Gasteiger partial charge >= 0.3 is 0 Å². The van der Waals surface area contributed by atoms with Gasteiger partial charge in [0.2, 0.25) is 5.91 Å². The van der Waals surface area contributed by atoms with Crippen molar-refractivity contribution >= 4 is 5.91 Å². The molecule has 0 unspecified atom stereocenters. The minimum absolute atomic E-state index is 0.0597. The minimum atomic E-state index is -0.702. The molecule has 0 bridgehead atoms. The Labute approximate surface area is 148 Å². The third-order valence-electron chi connectivity index (χ3n) is 4.29. The number of amides is 1. The molecule has 0 aliphatic heterocycles. The van der Waals surface area contributed by atoms with Gasteiger partial charge < -0.3 is 19.5 Å². The zero-order valence-corrected chi connectivity index (χ0v) is 15.4. The quantitative estimate of drug-likeness (QED) is 0.838. The predicted molar refractivity (Wildman–Crippen MR) is 97.4 cm³/mol. The second-order valence-electron chi connectivity index (χ2n) is 6.23. The normalized spacial score (nSPS) is 10.9. The molecule has 0 fully saturated rings. The highest BCUT2D eigenvalue weighted by Gasteiger charge is 2.30. The molecule has 2 aromatic rings. The molecule has 0 saturated heterocycles. The number of hydrogen-bond acceptors (Lipinski definition) is 4. The fourth-order valence-corrected chi connectivity index (χ4v) is 2.50. The van der Waals surface area contributed by atoms with Gasteiger partial charge in [-0.1, -0.05) is 18.2 Å². The Morgan fingerprint density at radius 2 is 1.56 bits per heavy atom. The molecule has 134 valence electrons. The van der Waals surface area contributed by atoms with Crippen LogP contribution in [0.1, 0.15) is 25.0 Å². The third-order valence-corrected chi connectivity index (χ3v) is 4.29. The van der Waals surface area contributed by atoms with E-state index in [1.807, 2.05) is 56.3 Å². The second kappa shape index (κ2) is 7.92. The number of methoxy groups -OCH3 is 3. The Hall–Kier alpha value is -2.69. The number of carbonyl (C=O) groups is 1. The highest BCUT2D eigenvalue weighted by atomic mass is 16.5. The summed E-state index contributed by atoms with van der Waals surface area (Å²) in [6, 6.07) is 13.2. The Morgan fingerprint density at radius 1 is 0.920 bits per heavy atom. The SMILES string of the molecule is COc1ccc(CNC(=O)C(C)(C)c2ccc(OC)c(OC)c2)cc1. The van der Waals surface area contributed by atoms with Gasteiger partial charge in [0, 0.05) is 6.54 Å². The first-order valence-corrected chi connectivity index (χ1v) is 8.06. The molecule has 0 radical (unpaired) electrons. The molecule has 0 aliphatic carbocycles. The third kappa shape index (κ3) is 4.24. The molecule has 5 nitrogen and oxygen atoms in total. The van der Waals surface area contributed by atoms with Crippen molar-refractivity contribution in [2.45, 2.75) is 25.8 Å². The standard InChI is InChI=1S/C20H25NO4/c1-20(2,15-8-11-17(24-4)18(12-15)25-5)19(22)21-13-14-6-9-16(23-3)10-7-14/h6-12H,13H2,1-5H3,(H,21,22). The topological polar surface area (TPSA) is 56.8 Å². The van der Waals surface area contributed by atoms with Crippen LogP contribution in [0.3, 0.4) is 0 Å². The van der Waals surface area contributed by atoms with Crippen LogP contribution in [0, 0.1) is 0 Å². The number of ether oxygens (including phenoxy) is 3. The summed E-state index contributed by atoms with van der Waals surface area (Å²) < 4.78 is 15.7. The molecule has 2 aromatic carbocycles. The van der Waals surface area contributed by atoms with E-state index in [1.165, 1.54) is 0 Å². The highest BCUT2D eigenvalue weighted by Crippen LogP contribution is 2.33. The number of benzene rings is 2. The van der Waals surface area contributed by atoms with E-state index in [0.717, 1.165) is 16.9 Å². The van der Waals surface area contributed by atoms with Gasteiger partial charge in [-0.3, -0.25) is 4.79 Å². The van der Waals surface area contributed by atoms with Crippen molar-refractivity contribution in [2.24, 2.45) is 0 Å². The van der Waals surface area contributed by atoms with Crippen LogP contribution in [-0.2, 0) is 16.8 Å². The van der Waals surface area contributed by atoms with E-state index < -0.39 is 5.41 Å². The average molecular weight is 343 g/mol. The van der Waals surface area contributed by atoms with Crippen LogP contribution in [0.5, 0.6) is 17.2 Å². The van der Waals surface area contributed by atoms with Gasteiger partial charge in [0.05, 0.1) is 26.7 Å². The van der Waals surface area contributed by atoms with Gasteiger partial charge in [0.25, 0.3) is 0 Å². The van der Waals surface area contributed by atoms with Crippen LogP contribution in [-0.4, -0.2) is 27.2 Å². The van der Waals surface area contributed by atoms with E-state index in [9.17, 15) is 4.79 Å². The lowest BCUT2D eigenvalue weighted by atomic mass is 9.83. The fraction of sp³-hybridized carbons (Fsp3) is 0.350. The molecule has 0 saturated carbocycles. The smallest absolute Gasteiger partial charge is 0.230 e. The van der Waals surface area contributed by atoms with Crippen molar-refractivity contribution in [1.82, 2.24) is 5.32 Å². The molecular weight excluding hydrogens is 318 g/mol. The minimum Gasteiger partial charge on any atom is -0.497 e. The lowest BCUT2D eigenvalue weighted by molar-refractivity contribution is -0.125. The first-order valence-electron chi connectivity index (χ1n) is 8.06. The number of hydrogen-bond donors (Lipinski definition) is 1. The van der Waals surface area contributed by atoms with Gasteiger partial charge in [0.15, 0.2) is 11.5 Å². The van der Waals surface area contributed by atoms with Gasteiger partial charge in [-0.2, -0.15) is 0 Å². The first kappa shape index (κ1) is 18.6. The largest absolute Gasteiger partial charge is 0.497 e. The summed E-state index contributed by atoms with van der Waals surface area (Å²) in [6.45, 7) is 4.23. The predicted octanol–water partition coefficient (Wildman–Crippen LogP) is 3.31. The van der Waals surface area contributed by atoms with Crippen molar-refractivity contribution < 1.29 is 19.0 Å². The van der Waals surface area contributed by atoms with Crippen molar-refractivity contribution in [1.29, 1.82) is 0 Å². The molecule has 2 rings (SSSR count). The van der Waals surface area contributed by atoms with E-state index in [2.05, 4.69) is 5.32 Å². The van der Waals surface area contributed by atoms with Crippen molar-refractivity contribution in [3.63, 3.8) is 0 Å². The van der Waals surface area contributed by atoms with Gasteiger partial charge in [-0.15, -0.1) is 0 Å². The van der Waals surface area contributed by atoms with Crippen molar-refractivity contribution in [2.75, 3.05) is 21.3 Å². The maximum Gasteiger partial charge on any atom is 0.230 e. The Kier molecular flexibility index (Phi) is 5.91. The van der Waals surface area contributed by atoms with E-state index in [0.29, 0.717) is 18.0 Å². The molecule has 0 atom stereocenters. The second-order valence-corrected chi connectivity index (χ2v) is 6.23. The van der Waals surface area contributed by atoms with Crippen LogP contribution < -0.4 is 19.5 Å². The van der Waals surface area contributed by atoms with Crippen LogP contribution in [0.25, 0.3) is 0 Å². The summed E-state index contributed by atoms with van der Waals surface area (Å²) in [5.41, 5.74) is 1.17. The van der Waals surface area contributed by atoms with Gasteiger partial charge in [0.1, 0.15) is 5.75 Å². The van der Waals surface area contributed by atoms with Crippen molar-refractivity contribution in [3.8, 4) is 17.2 Å². The fourth-order valence-electron chi connectivity index (χ4n) is 2.50. The summed E-state index contributed by atoms with van der Waals surface area (Å²) in [6.07, 6.45) is 0. The summed E-state index contributed by atoms with van der Waals surface area (Å²) >= 11 is 0.